The van der Waals surface area contributed by atoms with Gasteiger partial charge in [0, 0.05) is 12.1 Å². The molecule has 2 aromatic rings. The molecule has 6 nitrogen and oxygen atoms in total. The third kappa shape index (κ3) is 4.99. The molecule has 0 saturated heterocycles. The van der Waals surface area contributed by atoms with Crippen LogP contribution in [0.4, 0.5) is 4.79 Å². The van der Waals surface area contributed by atoms with E-state index in [9.17, 15) is 9.90 Å². The highest BCUT2D eigenvalue weighted by molar-refractivity contribution is 6.30. The van der Waals surface area contributed by atoms with E-state index in [4.69, 9.17) is 20.8 Å². The van der Waals surface area contributed by atoms with Crippen LogP contribution in [0.2, 0.25) is 5.02 Å². The minimum atomic E-state index is -0.535. The van der Waals surface area contributed by atoms with Crippen molar-refractivity contribution in [3.63, 3.8) is 0 Å². The van der Waals surface area contributed by atoms with Gasteiger partial charge in [-0.15, -0.1) is 0 Å². The first-order valence-electron chi connectivity index (χ1n) is 7.09. The maximum absolute atomic E-state index is 12.2. The molecule has 0 aliphatic heterocycles. The summed E-state index contributed by atoms with van der Waals surface area (Å²) in [6.07, 6.45) is 1.53. The van der Waals surface area contributed by atoms with Crippen molar-refractivity contribution in [1.82, 2.24) is 10.6 Å². The Balaban J connectivity index is 1.99. The molecule has 0 bridgehead atoms. The Morgan fingerprint density at radius 2 is 1.96 bits per heavy atom. The number of aliphatic hydroxyl groups is 1. The molecule has 2 amide bonds. The van der Waals surface area contributed by atoms with E-state index in [-0.39, 0.29) is 13.2 Å². The second kappa shape index (κ2) is 8.57. The molecule has 1 aromatic carbocycles. The van der Waals surface area contributed by atoms with Crippen LogP contribution >= 0.6 is 11.6 Å². The zero-order valence-electron chi connectivity index (χ0n) is 12.7. The van der Waals surface area contributed by atoms with Crippen LogP contribution in [0, 0.1) is 0 Å². The van der Waals surface area contributed by atoms with Crippen molar-refractivity contribution < 1.29 is 19.1 Å². The summed E-state index contributed by atoms with van der Waals surface area (Å²) < 4.78 is 10.4. The molecule has 2 unspecified atom stereocenters. The van der Waals surface area contributed by atoms with E-state index in [1.807, 2.05) is 0 Å². The van der Waals surface area contributed by atoms with Crippen LogP contribution in [-0.4, -0.2) is 31.5 Å². The standard InChI is InChI=1S/C16H19ClN2O4/c1-22-10-14(15-3-2-8-23-15)19-16(21)18-13(9-20)11-4-6-12(17)7-5-11/h2-8,13-14,20H,9-10H2,1H3,(H2,18,19,21). The van der Waals surface area contributed by atoms with Gasteiger partial charge >= 0.3 is 6.03 Å². The number of carbonyl (C=O) groups is 1. The van der Waals surface area contributed by atoms with Gasteiger partial charge in [0.15, 0.2) is 0 Å². The van der Waals surface area contributed by atoms with Crippen LogP contribution in [0.5, 0.6) is 0 Å². The Labute approximate surface area is 139 Å². The average molecular weight is 339 g/mol. The number of halogens is 1. The first-order chi connectivity index (χ1) is 11.1. The van der Waals surface area contributed by atoms with Gasteiger partial charge in [0.25, 0.3) is 0 Å². The Morgan fingerprint density at radius 3 is 2.52 bits per heavy atom. The fourth-order valence-electron chi connectivity index (χ4n) is 2.14. The number of hydrogen-bond donors (Lipinski definition) is 3. The quantitative estimate of drug-likeness (QED) is 0.724. The van der Waals surface area contributed by atoms with Gasteiger partial charge < -0.3 is 24.9 Å². The van der Waals surface area contributed by atoms with E-state index >= 15 is 0 Å². The number of aliphatic hydroxyl groups excluding tert-OH is 1. The molecule has 0 radical (unpaired) electrons. The van der Waals surface area contributed by atoms with E-state index in [1.54, 1.807) is 43.5 Å². The number of amides is 2. The number of urea groups is 1. The summed E-state index contributed by atoms with van der Waals surface area (Å²) in [4.78, 5) is 12.2. The van der Waals surface area contributed by atoms with Crippen LogP contribution in [-0.2, 0) is 4.74 Å². The molecular formula is C16H19ClN2O4. The van der Waals surface area contributed by atoms with Gasteiger partial charge in [-0.2, -0.15) is 0 Å². The normalized spacial score (nSPS) is 13.3. The molecule has 0 aliphatic carbocycles. The summed E-state index contributed by atoms with van der Waals surface area (Å²) in [5, 5.41) is 15.6. The van der Waals surface area contributed by atoms with Crippen molar-refractivity contribution in [3.8, 4) is 0 Å². The SMILES string of the molecule is COCC(NC(=O)NC(CO)c1ccc(Cl)cc1)c1ccco1. The summed E-state index contributed by atoms with van der Waals surface area (Å²) >= 11 is 5.84. The second-order valence-electron chi connectivity index (χ2n) is 4.93. The lowest BCUT2D eigenvalue weighted by atomic mass is 10.1. The van der Waals surface area contributed by atoms with E-state index in [1.165, 1.54) is 6.26 Å². The van der Waals surface area contributed by atoms with E-state index in [0.29, 0.717) is 10.8 Å². The van der Waals surface area contributed by atoms with E-state index in [2.05, 4.69) is 10.6 Å². The summed E-state index contributed by atoms with van der Waals surface area (Å²) in [5.41, 5.74) is 0.758. The van der Waals surface area contributed by atoms with Gasteiger partial charge in [-0.25, -0.2) is 4.79 Å². The van der Waals surface area contributed by atoms with Gasteiger partial charge in [-0.3, -0.25) is 0 Å². The topological polar surface area (TPSA) is 83.7 Å². The zero-order valence-corrected chi connectivity index (χ0v) is 13.4. The Bertz CT molecular complexity index is 601. The first kappa shape index (κ1) is 17.3. The number of methoxy groups -OCH3 is 1. The van der Waals surface area contributed by atoms with Crippen LogP contribution in [0.25, 0.3) is 0 Å². The van der Waals surface area contributed by atoms with Gasteiger partial charge in [0.2, 0.25) is 0 Å². The highest BCUT2D eigenvalue weighted by atomic mass is 35.5. The van der Waals surface area contributed by atoms with Crippen molar-refractivity contribution in [3.05, 3.63) is 59.0 Å². The van der Waals surface area contributed by atoms with Crippen molar-refractivity contribution in [2.24, 2.45) is 0 Å². The molecule has 2 atom stereocenters. The largest absolute Gasteiger partial charge is 0.467 e. The fraction of sp³-hybridized carbons (Fsp3) is 0.312. The zero-order chi connectivity index (χ0) is 16.7. The first-order valence-corrected chi connectivity index (χ1v) is 7.47. The molecule has 2 rings (SSSR count). The molecule has 3 N–H and O–H groups in total. The minimum absolute atomic E-state index is 0.231. The number of carbonyl (C=O) groups excluding carboxylic acids is 1. The van der Waals surface area contributed by atoms with Crippen molar-refractivity contribution in [2.75, 3.05) is 20.3 Å². The molecule has 7 heteroatoms. The number of rotatable bonds is 7. The number of ether oxygens (including phenoxy) is 1. The van der Waals surface area contributed by atoms with Crippen molar-refractivity contribution in [2.45, 2.75) is 12.1 Å². The third-order valence-corrected chi connectivity index (χ3v) is 3.54. The van der Waals surface area contributed by atoms with Gasteiger partial charge in [-0.1, -0.05) is 23.7 Å². The number of benzene rings is 1. The molecule has 0 fully saturated rings. The summed E-state index contributed by atoms with van der Waals surface area (Å²) in [5.74, 6) is 0.592. The lowest BCUT2D eigenvalue weighted by Gasteiger charge is -2.20. The molecule has 124 valence electrons. The second-order valence-corrected chi connectivity index (χ2v) is 5.36. The summed E-state index contributed by atoms with van der Waals surface area (Å²) in [6.45, 7) is 0.0381. The predicted molar refractivity (Wildman–Crippen MR) is 86.3 cm³/mol. The Hall–Kier alpha value is -2.02. The van der Waals surface area contributed by atoms with Crippen LogP contribution < -0.4 is 10.6 Å². The summed E-state index contributed by atoms with van der Waals surface area (Å²) in [6, 6.07) is 9.02. The fourth-order valence-corrected chi connectivity index (χ4v) is 2.26. The third-order valence-electron chi connectivity index (χ3n) is 3.29. The molecular weight excluding hydrogens is 320 g/mol. The van der Waals surface area contributed by atoms with Crippen LogP contribution in [0.3, 0.4) is 0 Å². The maximum Gasteiger partial charge on any atom is 0.316 e. The Kier molecular flexibility index (Phi) is 6.46. The Morgan fingerprint density at radius 1 is 1.26 bits per heavy atom. The van der Waals surface area contributed by atoms with Crippen LogP contribution in [0.1, 0.15) is 23.4 Å². The lowest BCUT2D eigenvalue weighted by Crippen LogP contribution is -2.42. The van der Waals surface area contributed by atoms with Gasteiger partial charge in [0.1, 0.15) is 11.8 Å². The van der Waals surface area contributed by atoms with Crippen molar-refractivity contribution in [1.29, 1.82) is 0 Å². The lowest BCUT2D eigenvalue weighted by molar-refractivity contribution is 0.155. The monoisotopic (exact) mass is 338 g/mol. The number of hydrogen-bond acceptors (Lipinski definition) is 4. The smallest absolute Gasteiger partial charge is 0.316 e. The van der Waals surface area contributed by atoms with E-state index < -0.39 is 18.1 Å². The molecule has 1 aromatic heterocycles. The molecule has 1 heterocycles. The number of nitrogens with one attached hydrogen (secondary N) is 2. The predicted octanol–water partition coefficient (Wildman–Crippen LogP) is 2.65. The molecule has 0 spiro atoms. The molecule has 0 aliphatic rings. The molecule has 0 saturated carbocycles. The van der Waals surface area contributed by atoms with E-state index in [0.717, 1.165) is 5.56 Å². The highest BCUT2D eigenvalue weighted by Crippen LogP contribution is 2.17. The van der Waals surface area contributed by atoms with Crippen molar-refractivity contribution >= 4 is 17.6 Å². The molecule has 23 heavy (non-hydrogen) atoms. The minimum Gasteiger partial charge on any atom is -0.467 e. The maximum atomic E-state index is 12.2. The number of furan rings is 1. The summed E-state index contributed by atoms with van der Waals surface area (Å²) in [7, 11) is 1.54. The van der Waals surface area contributed by atoms with Gasteiger partial charge in [0.05, 0.1) is 25.5 Å². The average Bonchev–Trinajstić information content (AvgIpc) is 3.07. The highest BCUT2D eigenvalue weighted by Gasteiger charge is 2.19. The van der Waals surface area contributed by atoms with Gasteiger partial charge in [-0.05, 0) is 29.8 Å². The van der Waals surface area contributed by atoms with Crippen LogP contribution in [0.15, 0.2) is 47.1 Å².